The smallest absolute Gasteiger partial charge is 0.246 e. The molecule has 0 saturated heterocycles. The number of hydrogen-bond donors (Lipinski definition) is 0. The van der Waals surface area contributed by atoms with Crippen LogP contribution in [0.5, 0.6) is 5.75 Å². The number of methoxy groups -OCH3 is 1. The lowest BCUT2D eigenvalue weighted by Crippen LogP contribution is -2.27. The molecule has 7 heteroatoms. The van der Waals surface area contributed by atoms with Crippen LogP contribution in [0.4, 0.5) is 8.78 Å². The number of halogens is 2. The fourth-order valence-corrected chi connectivity index (χ4v) is 3.28. The second-order valence-corrected chi connectivity index (χ2v) is 6.66. The van der Waals surface area contributed by atoms with Gasteiger partial charge in [0.05, 0.1) is 7.11 Å². The van der Waals surface area contributed by atoms with Crippen LogP contribution in [0.15, 0.2) is 47.4 Å². The van der Waals surface area contributed by atoms with Crippen LogP contribution in [0, 0.1) is 11.6 Å². The highest BCUT2D eigenvalue weighted by Gasteiger charge is 2.26. The summed E-state index contributed by atoms with van der Waals surface area (Å²) in [6.45, 7) is -0.172. The first-order valence-electron chi connectivity index (χ1n) is 6.39. The summed E-state index contributed by atoms with van der Waals surface area (Å²) in [5.74, 6) is -1.17. The molecule has 4 nitrogen and oxygen atoms in total. The van der Waals surface area contributed by atoms with Crippen molar-refractivity contribution in [1.82, 2.24) is 4.31 Å². The largest absolute Gasteiger partial charge is 0.495 e. The van der Waals surface area contributed by atoms with E-state index in [-0.39, 0.29) is 22.8 Å². The molecule has 0 fully saturated rings. The molecule has 0 aromatic heterocycles. The van der Waals surface area contributed by atoms with E-state index in [1.165, 1.54) is 38.4 Å². The molecule has 0 unspecified atom stereocenters. The molecule has 0 aliphatic carbocycles. The molecule has 22 heavy (non-hydrogen) atoms. The van der Waals surface area contributed by atoms with Crippen LogP contribution < -0.4 is 4.74 Å². The minimum atomic E-state index is -4.02. The molecule has 0 radical (unpaired) electrons. The van der Waals surface area contributed by atoms with Gasteiger partial charge in [0.2, 0.25) is 10.0 Å². The maximum atomic E-state index is 13.6. The first-order valence-corrected chi connectivity index (χ1v) is 7.83. The van der Waals surface area contributed by atoms with Crippen LogP contribution in [0.1, 0.15) is 5.56 Å². The molecule has 0 saturated carbocycles. The summed E-state index contributed by atoms with van der Waals surface area (Å²) in [7, 11) is -1.43. The lowest BCUT2D eigenvalue weighted by molar-refractivity contribution is 0.395. The quantitative estimate of drug-likeness (QED) is 0.848. The monoisotopic (exact) mass is 327 g/mol. The molecule has 0 bridgehead atoms. The van der Waals surface area contributed by atoms with Crippen molar-refractivity contribution in [1.29, 1.82) is 0 Å². The number of hydrogen-bond acceptors (Lipinski definition) is 3. The summed E-state index contributed by atoms with van der Waals surface area (Å²) < 4.78 is 58.0. The Labute approximate surface area is 128 Å². The molecule has 0 amide bonds. The standard InChI is InChI=1S/C15H15F2NO3S/c1-18(10-11-5-3-4-6-13(11)17)22(19,20)15-9-12(16)7-8-14(15)21-2/h3-9H,10H2,1-2H3. The van der Waals surface area contributed by atoms with Crippen LogP contribution in [0.3, 0.4) is 0 Å². The molecule has 2 aromatic rings. The summed E-state index contributed by atoms with van der Waals surface area (Å²) in [6, 6.07) is 9.09. The lowest BCUT2D eigenvalue weighted by atomic mass is 10.2. The Bertz CT molecular complexity index is 778. The van der Waals surface area contributed by atoms with Gasteiger partial charge in [0, 0.05) is 19.2 Å². The van der Waals surface area contributed by atoms with Crippen molar-refractivity contribution < 1.29 is 21.9 Å². The normalized spacial score (nSPS) is 11.7. The Kier molecular flexibility index (Phi) is 4.77. The van der Waals surface area contributed by atoms with Gasteiger partial charge in [-0.3, -0.25) is 0 Å². The second kappa shape index (κ2) is 6.41. The average Bonchev–Trinajstić information content (AvgIpc) is 2.49. The Morgan fingerprint density at radius 2 is 1.82 bits per heavy atom. The molecule has 2 aromatic carbocycles. The van der Waals surface area contributed by atoms with Crippen LogP contribution >= 0.6 is 0 Å². The van der Waals surface area contributed by atoms with Gasteiger partial charge in [0.25, 0.3) is 0 Å². The third-order valence-corrected chi connectivity index (χ3v) is 4.99. The number of benzene rings is 2. The molecular weight excluding hydrogens is 312 g/mol. The van der Waals surface area contributed by atoms with E-state index >= 15 is 0 Å². The number of rotatable bonds is 5. The zero-order valence-corrected chi connectivity index (χ0v) is 12.9. The molecule has 0 N–H and O–H groups in total. The van der Waals surface area contributed by atoms with Gasteiger partial charge in [-0.2, -0.15) is 4.31 Å². The maximum absolute atomic E-state index is 13.6. The second-order valence-electron chi connectivity index (χ2n) is 4.65. The Morgan fingerprint density at radius 1 is 1.14 bits per heavy atom. The van der Waals surface area contributed by atoms with E-state index in [0.717, 1.165) is 16.4 Å². The van der Waals surface area contributed by atoms with E-state index < -0.39 is 21.7 Å². The van der Waals surface area contributed by atoms with E-state index in [2.05, 4.69) is 0 Å². The molecule has 0 heterocycles. The van der Waals surface area contributed by atoms with Crippen molar-refractivity contribution in [2.75, 3.05) is 14.2 Å². The van der Waals surface area contributed by atoms with Gasteiger partial charge in [0.15, 0.2) is 0 Å². The molecular formula is C15H15F2NO3S. The van der Waals surface area contributed by atoms with E-state index in [0.29, 0.717) is 0 Å². The first-order chi connectivity index (χ1) is 10.4. The maximum Gasteiger partial charge on any atom is 0.246 e. The van der Waals surface area contributed by atoms with E-state index in [9.17, 15) is 17.2 Å². The predicted molar refractivity (Wildman–Crippen MR) is 78.0 cm³/mol. The minimum Gasteiger partial charge on any atom is -0.495 e. The topological polar surface area (TPSA) is 46.6 Å². The van der Waals surface area contributed by atoms with E-state index in [1.54, 1.807) is 6.07 Å². The summed E-state index contributed by atoms with van der Waals surface area (Å²) >= 11 is 0. The van der Waals surface area contributed by atoms with Gasteiger partial charge in [0.1, 0.15) is 22.3 Å². The molecule has 0 aliphatic rings. The lowest BCUT2D eigenvalue weighted by Gasteiger charge is -2.19. The average molecular weight is 327 g/mol. The fourth-order valence-electron chi connectivity index (χ4n) is 1.97. The Balaban J connectivity index is 2.38. The number of ether oxygens (including phenoxy) is 1. The predicted octanol–water partition coefficient (Wildman–Crippen LogP) is 2.79. The zero-order chi connectivity index (χ0) is 16.3. The van der Waals surface area contributed by atoms with Crippen molar-refractivity contribution >= 4 is 10.0 Å². The van der Waals surface area contributed by atoms with Crippen LogP contribution in [0.25, 0.3) is 0 Å². The summed E-state index contributed by atoms with van der Waals surface area (Å²) in [5.41, 5.74) is 0.226. The molecule has 118 valence electrons. The Morgan fingerprint density at radius 3 is 2.45 bits per heavy atom. The number of sulfonamides is 1. The van der Waals surface area contributed by atoms with Crippen molar-refractivity contribution in [2.45, 2.75) is 11.4 Å². The van der Waals surface area contributed by atoms with Gasteiger partial charge < -0.3 is 4.74 Å². The third kappa shape index (κ3) is 3.26. The van der Waals surface area contributed by atoms with Gasteiger partial charge >= 0.3 is 0 Å². The minimum absolute atomic E-state index is 0.0294. The summed E-state index contributed by atoms with van der Waals surface area (Å²) in [5, 5.41) is 0. The van der Waals surface area contributed by atoms with E-state index in [4.69, 9.17) is 4.74 Å². The van der Waals surface area contributed by atoms with Gasteiger partial charge in [-0.05, 0) is 24.3 Å². The van der Waals surface area contributed by atoms with Crippen molar-refractivity contribution in [3.05, 3.63) is 59.7 Å². The highest BCUT2D eigenvalue weighted by Crippen LogP contribution is 2.27. The van der Waals surface area contributed by atoms with Crippen molar-refractivity contribution in [2.24, 2.45) is 0 Å². The third-order valence-electron chi connectivity index (χ3n) is 3.16. The summed E-state index contributed by atoms with van der Waals surface area (Å²) in [6.07, 6.45) is 0. The van der Waals surface area contributed by atoms with Gasteiger partial charge in [-0.1, -0.05) is 18.2 Å². The van der Waals surface area contributed by atoms with Gasteiger partial charge in [-0.25, -0.2) is 17.2 Å². The molecule has 0 aliphatic heterocycles. The SMILES string of the molecule is COc1ccc(F)cc1S(=O)(=O)N(C)Cc1ccccc1F. The Hall–Kier alpha value is -1.99. The molecule has 0 spiro atoms. The first kappa shape index (κ1) is 16.4. The molecule has 2 rings (SSSR count). The van der Waals surface area contributed by atoms with Crippen molar-refractivity contribution in [3.63, 3.8) is 0 Å². The highest BCUT2D eigenvalue weighted by molar-refractivity contribution is 7.89. The van der Waals surface area contributed by atoms with Gasteiger partial charge in [-0.15, -0.1) is 0 Å². The van der Waals surface area contributed by atoms with Crippen LogP contribution in [-0.2, 0) is 16.6 Å². The van der Waals surface area contributed by atoms with Crippen LogP contribution in [0.2, 0.25) is 0 Å². The molecule has 0 atom stereocenters. The zero-order valence-electron chi connectivity index (χ0n) is 12.1. The van der Waals surface area contributed by atoms with E-state index in [1.807, 2.05) is 0 Å². The summed E-state index contributed by atoms with van der Waals surface area (Å²) in [4.78, 5) is -0.297. The number of nitrogens with zero attached hydrogens (tertiary/aromatic N) is 1. The highest BCUT2D eigenvalue weighted by atomic mass is 32.2. The van der Waals surface area contributed by atoms with Crippen molar-refractivity contribution in [3.8, 4) is 5.75 Å². The fraction of sp³-hybridized carbons (Fsp3) is 0.200. The van der Waals surface area contributed by atoms with Crippen LogP contribution in [-0.4, -0.2) is 26.9 Å².